The lowest BCUT2D eigenvalue weighted by atomic mass is 10.5. The van der Waals surface area contributed by atoms with Gasteiger partial charge in [0.2, 0.25) is 0 Å². The van der Waals surface area contributed by atoms with Crippen LogP contribution in [0.4, 0.5) is 0 Å². The molecule has 0 amide bonds. The minimum Gasteiger partial charge on any atom is -0.367 e. The Kier molecular flexibility index (Phi) is 4.33. The highest BCUT2D eigenvalue weighted by atomic mass is 16.3. The summed E-state index contributed by atoms with van der Waals surface area (Å²) in [6.07, 6.45) is -0.648. The Morgan fingerprint density at radius 2 is 2.38 bits per heavy atom. The van der Waals surface area contributed by atoms with Crippen LogP contribution in [0.25, 0.3) is 0 Å². The van der Waals surface area contributed by atoms with Gasteiger partial charge in [-0.25, -0.2) is 0 Å². The third kappa shape index (κ3) is 3.66. The topological polar surface area (TPSA) is 32.3 Å². The molecule has 46 valence electrons. The van der Waals surface area contributed by atoms with Gasteiger partial charge in [0.15, 0.2) is 6.23 Å². The van der Waals surface area contributed by atoms with Crippen molar-refractivity contribution in [1.82, 2.24) is 5.32 Å². The van der Waals surface area contributed by atoms with Crippen LogP contribution in [0.5, 0.6) is 0 Å². The molecule has 2 N–H and O–H groups in total. The normalized spacial score (nSPS) is 11.9. The molecule has 0 spiro atoms. The third-order valence-corrected chi connectivity index (χ3v) is 0.679. The maximum absolute atomic E-state index is 8.76. The Labute approximate surface area is 49.9 Å². The summed E-state index contributed by atoms with van der Waals surface area (Å²) >= 11 is 0. The van der Waals surface area contributed by atoms with Crippen molar-refractivity contribution < 1.29 is 5.11 Å². The lowest BCUT2D eigenvalue weighted by Crippen LogP contribution is -2.26. The first-order valence-electron chi connectivity index (χ1n) is 2.65. The maximum atomic E-state index is 8.76. The van der Waals surface area contributed by atoms with Crippen molar-refractivity contribution in [2.75, 3.05) is 6.54 Å². The van der Waals surface area contributed by atoms with Crippen molar-refractivity contribution in [3.63, 3.8) is 0 Å². The summed E-state index contributed by atoms with van der Waals surface area (Å²) in [6.45, 7) is 4.36. The Bertz CT molecular complexity index is 101. The zero-order chi connectivity index (χ0) is 6.41. The van der Waals surface area contributed by atoms with E-state index in [2.05, 4.69) is 17.2 Å². The third-order valence-electron chi connectivity index (χ3n) is 0.679. The van der Waals surface area contributed by atoms with Gasteiger partial charge in [0.1, 0.15) is 0 Å². The Balaban J connectivity index is 3.27. The number of hydrogen-bond acceptors (Lipinski definition) is 2. The molecule has 0 fully saturated rings. The lowest BCUT2D eigenvalue weighted by Gasteiger charge is -2.00. The fraction of sp³-hybridized carbons (Fsp3) is 0.667. The van der Waals surface area contributed by atoms with E-state index in [1.165, 1.54) is 0 Å². The number of aliphatic hydroxyl groups excluding tert-OH is 1. The van der Waals surface area contributed by atoms with E-state index in [9.17, 15) is 0 Å². The standard InChI is InChI=1S/C6H11NO/c1-3-5-6(8)7-4-2/h6-8H,4H2,1-2H3. The van der Waals surface area contributed by atoms with Crippen molar-refractivity contribution in [2.24, 2.45) is 0 Å². The smallest absolute Gasteiger partial charge is 0.168 e. The van der Waals surface area contributed by atoms with Gasteiger partial charge in [0.25, 0.3) is 0 Å². The van der Waals surface area contributed by atoms with Crippen molar-refractivity contribution in [3.8, 4) is 11.8 Å². The molecule has 0 saturated carbocycles. The lowest BCUT2D eigenvalue weighted by molar-refractivity contribution is 0.197. The minimum atomic E-state index is -0.648. The van der Waals surface area contributed by atoms with Gasteiger partial charge in [0, 0.05) is 0 Å². The predicted octanol–water partition coefficient (Wildman–Crippen LogP) is -0.0624. The first-order chi connectivity index (χ1) is 3.81. The van der Waals surface area contributed by atoms with Gasteiger partial charge in [-0.3, -0.25) is 5.32 Å². The van der Waals surface area contributed by atoms with Crippen molar-refractivity contribution in [2.45, 2.75) is 20.1 Å². The van der Waals surface area contributed by atoms with Crippen molar-refractivity contribution >= 4 is 0 Å². The van der Waals surface area contributed by atoms with Crippen LogP contribution in [-0.2, 0) is 0 Å². The summed E-state index contributed by atoms with van der Waals surface area (Å²) in [5.41, 5.74) is 0. The molecule has 0 aromatic carbocycles. The average Bonchev–Trinajstić information content (AvgIpc) is 1.68. The number of hydrogen-bond donors (Lipinski definition) is 2. The molecule has 2 heteroatoms. The highest BCUT2D eigenvalue weighted by Gasteiger charge is 1.89. The van der Waals surface area contributed by atoms with Crippen LogP contribution in [0, 0.1) is 11.8 Å². The van der Waals surface area contributed by atoms with Crippen LogP contribution in [0.1, 0.15) is 13.8 Å². The van der Waals surface area contributed by atoms with Gasteiger partial charge in [-0.15, -0.1) is 5.92 Å². The van der Waals surface area contributed by atoms with Crippen molar-refractivity contribution in [3.05, 3.63) is 0 Å². The van der Waals surface area contributed by atoms with Gasteiger partial charge in [-0.05, 0) is 13.5 Å². The average molecular weight is 113 g/mol. The largest absolute Gasteiger partial charge is 0.367 e. The summed E-state index contributed by atoms with van der Waals surface area (Å²) in [4.78, 5) is 0. The summed E-state index contributed by atoms with van der Waals surface area (Å²) in [5, 5.41) is 11.5. The summed E-state index contributed by atoms with van der Waals surface area (Å²) in [6, 6.07) is 0. The second-order valence-corrected chi connectivity index (χ2v) is 1.35. The maximum Gasteiger partial charge on any atom is 0.168 e. The van der Waals surface area contributed by atoms with Crippen LogP contribution in [-0.4, -0.2) is 17.9 Å². The zero-order valence-corrected chi connectivity index (χ0v) is 5.23. The number of aliphatic hydroxyl groups is 1. The second kappa shape index (κ2) is 4.63. The molecular formula is C6H11NO. The summed E-state index contributed by atoms with van der Waals surface area (Å²) in [7, 11) is 0. The van der Waals surface area contributed by atoms with Crippen LogP contribution < -0.4 is 5.32 Å². The minimum absolute atomic E-state index is 0.648. The van der Waals surface area contributed by atoms with E-state index < -0.39 is 6.23 Å². The highest BCUT2D eigenvalue weighted by molar-refractivity contribution is 5.00. The molecule has 1 atom stereocenters. The van der Waals surface area contributed by atoms with Gasteiger partial charge < -0.3 is 5.11 Å². The molecule has 0 aliphatic heterocycles. The van der Waals surface area contributed by atoms with Gasteiger partial charge in [0.05, 0.1) is 0 Å². The van der Waals surface area contributed by atoms with Gasteiger partial charge in [-0.2, -0.15) is 0 Å². The molecular weight excluding hydrogens is 102 g/mol. The van der Waals surface area contributed by atoms with E-state index in [4.69, 9.17) is 5.11 Å². The molecule has 0 heterocycles. The van der Waals surface area contributed by atoms with E-state index in [0.717, 1.165) is 6.54 Å². The Morgan fingerprint density at radius 3 is 2.75 bits per heavy atom. The molecule has 0 aliphatic carbocycles. The molecule has 0 radical (unpaired) electrons. The van der Waals surface area contributed by atoms with Crippen LogP contribution in [0.3, 0.4) is 0 Å². The molecule has 0 aliphatic rings. The fourth-order valence-corrected chi connectivity index (χ4v) is 0.381. The monoisotopic (exact) mass is 113 g/mol. The predicted molar refractivity (Wildman–Crippen MR) is 33.1 cm³/mol. The SMILES string of the molecule is CC#CC(O)NCC. The molecule has 2 nitrogen and oxygen atoms in total. The fourth-order valence-electron chi connectivity index (χ4n) is 0.381. The molecule has 0 aromatic heterocycles. The summed E-state index contributed by atoms with van der Waals surface area (Å²) in [5.74, 6) is 5.13. The van der Waals surface area contributed by atoms with E-state index in [1.807, 2.05) is 6.92 Å². The highest BCUT2D eigenvalue weighted by Crippen LogP contribution is 1.68. The number of nitrogens with one attached hydrogen (secondary N) is 1. The Morgan fingerprint density at radius 1 is 1.75 bits per heavy atom. The summed E-state index contributed by atoms with van der Waals surface area (Å²) < 4.78 is 0. The first kappa shape index (κ1) is 7.48. The van der Waals surface area contributed by atoms with Gasteiger partial charge >= 0.3 is 0 Å². The molecule has 0 bridgehead atoms. The van der Waals surface area contributed by atoms with Crippen molar-refractivity contribution in [1.29, 1.82) is 0 Å². The number of rotatable bonds is 2. The molecule has 0 aromatic rings. The van der Waals surface area contributed by atoms with E-state index in [1.54, 1.807) is 6.92 Å². The molecule has 0 rings (SSSR count). The molecule has 8 heavy (non-hydrogen) atoms. The van der Waals surface area contributed by atoms with E-state index in [0.29, 0.717) is 0 Å². The van der Waals surface area contributed by atoms with E-state index >= 15 is 0 Å². The van der Waals surface area contributed by atoms with Crippen LogP contribution in [0.2, 0.25) is 0 Å². The van der Waals surface area contributed by atoms with Crippen LogP contribution in [0.15, 0.2) is 0 Å². The Hall–Kier alpha value is -0.520. The van der Waals surface area contributed by atoms with Crippen LogP contribution >= 0.6 is 0 Å². The first-order valence-corrected chi connectivity index (χ1v) is 2.65. The molecule has 1 unspecified atom stereocenters. The quantitative estimate of drug-likeness (QED) is 0.388. The second-order valence-electron chi connectivity index (χ2n) is 1.35. The molecule has 0 saturated heterocycles. The van der Waals surface area contributed by atoms with Gasteiger partial charge in [-0.1, -0.05) is 12.8 Å². The van der Waals surface area contributed by atoms with E-state index in [-0.39, 0.29) is 0 Å². The zero-order valence-electron chi connectivity index (χ0n) is 5.23.